The van der Waals surface area contributed by atoms with Gasteiger partial charge in [0.25, 0.3) is 0 Å². The van der Waals surface area contributed by atoms with Gasteiger partial charge >= 0.3 is 6.61 Å². The Morgan fingerprint density at radius 3 is 2.59 bits per heavy atom. The van der Waals surface area contributed by atoms with Crippen LogP contribution in [-0.4, -0.2) is 6.61 Å². The van der Waals surface area contributed by atoms with Crippen molar-refractivity contribution in [3.05, 3.63) is 54.1 Å². The summed E-state index contributed by atoms with van der Waals surface area (Å²) in [6, 6.07) is 10.4. The highest BCUT2D eigenvalue weighted by atomic mass is 19.3. The first kappa shape index (κ1) is 21.8. The van der Waals surface area contributed by atoms with Gasteiger partial charge in [-0.1, -0.05) is 56.2 Å². The summed E-state index contributed by atoms with van der Waals surface area (Å²) in [5.74, 6) is 1.76. The minimum absolute atomic E-state index is 0.369. The molecule has 0 bridgehead atoms. The summed E-state index contributed by atoms with van der Waals surface area (Å²) in [5.41, 5.74) is 2.23. The third-order valence-electron chi connectivity index (χ3n) is 6.43. The number of hydrogen-bond acceptors (Lipinski definition) is 1. The molecular formula is C26H34F2O. The summed E-state index contributed by atoms with van der Waals surface area (Å²) in [4.78, 5) is 0. The predicted octanol–water partition coefficient (Wildman–Crippen LogP) is 8.41. The average molecular weight is 401 g/mol. The second-order valence-corrected chi connectivity index (χ2v) is 8.45. The van der Waals surface area contributed by atoms with E-state index in [0.29, 0.717) is 11.7 Å². The van der Waals surface area contributed by atoms with Gasteiger partial charge in [0.05, 0.1) is 0 Å². The van der Waals surface area contributed by atoms with E-state index < -0.39 is 6.61 Å². The number of allylic oxidation sites excluding steroid dienone is 1. The zero-order valence-corrected chi connectivity index (χ0v) is 17.6. The highest BCUT2D eigenvalue weighted by Gasteiger charge is 2.22. The molecule has 158 valence electrons. The van der Waals surface area contributed by atoms with E-state index in [9.17, 15) is 8.78 Å². The number of ether oxygens (including phenoxy) is 1. The van der Waals surface area contributed by atoms with Crippen LogP contribution in [-0.2, 0) is 6.42 Å². The molecule has 0 atom stereocenters. The van der Waals surface area contributed by atoms with Gasteiger partial charge in [-0.15, -0.1) is 6.58 Å². The van der Waals surface area contributed by atoms with Crippen LogP contribution in [0.4, 0.5) is 8.78 Å². The van der Waals surface area contributed by atoms with Crippen LogP contribution >= 0.6 is 0 Å². The molecule has 2 aromatic rings. The quantitative estimate of drug-likeness (QED) is 0.287. The van der Waals surface area contributed by atoms with Crippen LogP contribution in [0.5, 0.6) is 5.75 Å². The highest BCUT2D eigenvalue weighted by Crippen LogP contribution is 2.40. The van der Waals surface area contributed by atoms with Crippen molar-refractivity contribution in [2.45, 2.75) is 83.7 Å². The lowest BCUT2D eigenvalue weighted by atomic mass is 9.77. The van der Waals surface area contributed by atoms with Crippen molar-refractivity contribution in [2.75, 3.05) is 0 Å². The Labute approximate surface area is 174 Å². The Morgan fingerprint density at radius 1 is 1.10 bits per heavy atom. The number of unbranched alkanes of at least 4 members (excludes halogenated alkanes) is 2. The topological polar surface area (TPSA) is 9.23 Å². The smallest absolute Gasteiger partial charge is 0.387 e. The van der Waals surface area contributed by atoms with Crippen LogP contribution in [0, 0.1) is 5.92 Å². The van der Waals surface area contributed by atoms with Crippen molar-refractivity contribution < 1.29 is 13.5 Å². The molecule has 0 aromatic heterocycles. The Balaban J connectivity index is 1.79. The number of hydrogen-bond donors (Lipinski definition) is 0. The molecule has 2 aromatic carbocycles. The summed E-state index contributed by atoms with van der Waals surface area (Å²) >= 11 is 0. The van der Waals surface area contributed by atoms with Crippen molar-refractivity contribution in [3.8, 4) is 5.75 Å². The van der Waals surface area contributed by atoms with E-state index in [-0.39, 0.29) is 0 Å². The molecule has 0 aliphatic heterocycles. The fraction of sp³-hybridized carbons (Fsp3) is 0.538. The molecule has 0 N–H and O–H groups in total. The molecule has 1 aliphatic carbocycles. The van der Waals surface area contributed by atoms with Gasteiger partial charge in [0, 0.05) is 5.39 Å². The van der Waals surface area contributed by atoms with Crippen LogP contribution in [0.3, 0.4) is 0 Å². The van der Waals surface area contributed by atoms with E-state index in [1.54, 1.807) is 0 Å². The third kappa shape index (κ3) is 5.81. The van der Waals surface area contributed by atoms with Crippen LogP contribution in [0.25, 0.3) is 10.8 Å². The van der Waals surface area contributed by atoms with Crippen molar-refractivity contribution in [1.82, 2.24) is 0 Å². The van der Waals surface area contributed by atoms with Crippen LogP contribution < -0.4 is 4.74 Å². The third-order valence-corrected chi connectivity index (χ3v) is 6.43. The lowest BCUT2D eigenvalue weighted by Crippen LogP contribution is -2.13. The molecule has 1 fully saturated rings. The first-order valence-corrected chi connectivity index (χ1v) is 11.2. The SMILES string of the molecule is C=CCCC1CCC(c2ccc3c(OC(F)F)c(CCCCC)ccc3c2)CC1. The van der Waals surface area contributed by atoms with Gasteiger partial charge in [0.1, 0.15) is 5.75 Å². The molecule has 1 saturated carbocycles. The molecule has 3 rings (SSSR count). The molecule has 0 heterocycles. The van der Waals surface area contributed by atoms with Gasteiger partial charge < -0.3 is 4.74 Å². The molecule has 0 unspecified atom stereocenters. The number of rotatable bonds is 10. The molecule has 0 radical (unpaired) electrons. The number of benzene rings is 2. The fourth-order valence-electron chi connectivity index (χ4n) is 4.75. The van der Waals surface area contributed by atoms with Gasteiger partial charge in [0.15, 0.2) is 0 Å². The van der Waals surface area contributed by atoms with E-state index in [1.165, 1.54) is 37.7 Å². The van der Waals surface area contributed by atoms with Crippen molar-refractivity contribution in [2.24, 2.45) is 5.92 Å². The average Bonchev–Trinajstić information content (AvgIpc) is 2.73. The minimum atomic E-state index is -2.80. The second-order valence-electron chi connectivity index (χ2n) is 8.45. The molecule has 1 aliphatic rings. The Bertz CT molecular complexity index is 791. The predicted molar refractivity (Wildman–Crippen MR) is 118 cm³/mol. The minimum Gasteiger partial charge on any atom is -0.434 e. The van der Waals surface area contributed by atoms with Gasteiger partial charge in [-0.3, -0.25) is 0 Å². The molecule has 0 saturated heterocycles. The van der Waals surface area contributed by atoms with E-state index >= 15 is 0 Å². The van der Waals surface area contributed by atoms with E-state index in [1.807, 2.05) is 18.2 Å². The lowest BCUT2D eigenvalue weighted by molar-refractivity contribution is -0.0493. The molecule has 29 heavy (non-hydrogen) atoms. The summed E-state index contributed by atoms with van der Waals surface area (Å²) in [7, 11) is 0. The second kappa shape index (κ2) is 10.8. The first-order valence-electron chi connectivity index (χ1n) is 11.2. The Kier molecular flexibility index (Phi) is 8.09. The van der Waals surface area contributed by atoms with Gasteiger partial charge in [-0.05, 0) is 79.7 Å². The summed E-state index contributed by atoms with van der Waals surface area (Å²) in [6.45, 7) is 3.18. The van der Waals surface area contributed by atoms with E-state index in [4.69, 9.17) is 4.74 Å². The van der Waals surface area contributed by atoms with Crippen molar-refractivity contribution in [1.29, 1.82) is 0 Å². The first-order chi connectivity index (χ1) is 14.1. The largest absolute Gasteiger partial charge is 0.434 e. The standard InChI is InChI=1S/C26H34F2O/c1-3-5-7-9-21-14-15-23-18-22(16-17-24(23)25(21)29-26(27)28)20-12-10-19(11-13-20)8-6-4-2/h4,14-20,26H,2-3,5-13H2,1H3. The number of fused-ring (bicyclic) bond motifs is 1. The summed E-state index contributed by atoms with van der Waals surface area (Å²) < 4.78 is 31.2. The van der Waals surface area contributed by atoms with Gasteiger partial charge in [-0.2, -0.15) is 8.78 Å². The number of aryl methyl sites for hydroxylation is 1. The van der Waals surface area contributed by atoms with Gasteiger partial charge in [-0.25, -0.2) is 0 Å². The van der Waals surface area contributed by atoms with Crippen LogP contribution in [0.15, 0.2) is 43.0 Å². The fourth-order valence-corrected chi connectivity index (χ4v) is 4.75. The zero-order chi connectivity index (χ0) is 20.6. The van der Waals surface area contributed by atoms with Gasteiger partial charge in [0.2, 0.25) is 0 Å². The van der Waals surface area contributed by atoms with E-state index in [0.717, 1.165) is 54.4 Å². The van der Waals surface area contributed by atoms with Crippen molar-refractivity contribution in [3.63, 3.8) is 0 Å². The zero-order valence-electron chi connectivity index (χ0n) is 17.6. The molecular weight excluding hydrogens is 366 g/mol. The van der Waals surface area contributed by atoms with Crippen LogP contribution in [0.1, 0.15) is 81.8 Å². The maximum Gasteiger partial charge on any atom is 0.387 e. The Hall–Kier alpha value is -1.90. The molecule has 1 nitrogen and oxygen atoms in total. The molecule has 0 spiro atoms. The normalized spacial score (nSPS) is 19.6. The monoisotopic (exact) mass is 400 g/mol. The van der Waals surface area contributed by atoms with Crippen LogP contribution in [0.2, 0.25) is 0 Å². The Morgan fingerprint density at radius 2 is 1.90 bits per heavy atom. The van der Waals surface area contributed by atoms with Crippen molar-refractivity contribution >= 4 is 10.8 Å². The van der Waals surface area contributed by atoms with E-state index in [2.05, 4.69) is 31.7 Å². The summed E-state index contributed by atoms with van der Waals surface area (Å²) in [5, 5.41) is 1.81. The lowest BCUT2D eigenvalue weighted by Gasteiger charge is -2.29. The highest BCUT2D eigenvalue weighted by molar-refractivity contribution is 5.90. The number of alkyl halides is 2. The maximum atomic E-state index is 13.1. The molecule has 3 heteroatoms. The maximum absolute atomic E-state index is 13.1. The summed E-state index contributed by atoms with van der Waals surface area (Å²) in [6.07, 6.45) is 13.3. The number of halogens is 2. The molecule has 0 amide bonds.